The highest BCUT2D eigenvalue weighted by Gasteiger charge is 2.24. The van der Waals surface area contributed by atoms with Crippen molar-refractivity contribution >= 4 is 11.8 Å². The van der Waals surface area contributed by atoms with Gasteiger partial charge < -0.3 is 9.80 Å². The van der Waals surface area contributed by atoms with E-state index in [0.29, 0.717) is 17.0 Å². The number of rotatable bonds is 4. The van der Waals surface area contributed by atoms with Crippen molar-refractivity contribution in [1.82, 2.24) is 9.80 Å². The Morgan fingerprint density at radius 1 is 0.714 bits per heavy atom. The smallest absolute Gasteiger partial charge is 0.253 e. The lowest BCUT2D eigenvalue weighted by Crippen LogP contribution is -2.39. The van der Waals surface area contributed by atoms with Gasteiger partial charge in [0.2, 0.25) is 0 Å². The van der Waals surface area contributed by atoms with E-state index in [2.05, 4.69) is 30.3 Å². The molecule has 2 amide bonds. The van der Waals surface area contributed by atoms with Crippen LogP contribution in [-0.4, -0.2) is 47.8 Å². The van der Waals surface area contributed by atoms with Gasteiger partial charge in [-0.25, -0.2) is 0 Å². The minimum Gasteiger partial charge on any atom is -0.339 e. The first-order valence-electron chi connectivity index (χ1n) is 10.4. The Morgan fingerprint density at radius 2 is 1.21 bits per heavy atom. The predicted octanol–water partition coefficient (Wildman–Crippen LogP) is 4.02. The molecule has 0 aliphatic carbocycles. The molecule has 2 aromatic rings. The molecule has 0 atom stereocenters. The fourth-order valence-electron chi connectivity index (χ4n) is 4.33. The van der Waals surface area contributed by atoms with Crippen LogP contribution in [0.3, 0.4) is 0 Å². The molecular weight excluding hydrogens is 348 g/mol. The number of likely N-dealkylation sites (tertiary alicyclic amines) is 2. The van der Waals surface area contributed by atoms with Gasteiger partial charge in [0.15, 0.2) is 0 Å². The zero-order chi connectivity index (χ0) is 19.3. The second-order valence-electron chi connectivity index (χ2n) is 8.00. The highest BCUT2D eigenvalue weighted by atomic mass is 16.2. The third kappa shape index (κ3) is 4.27. The summed E-state index contributed by atoms with van der Waals surface area (Å²) in [5.41, 5.74) is 2.74. The molecule has 4 rings (SSSR count). The van der Waals surface area contributed by atoms with E-state index in [-0.39, 0.29) is 11.8 Å². The van der Waals surface area contributed by atoms with Gasteiger partial charge in [0.25, 0.3) is 11.8 Å². The summed E-state index contributed by atoms with van der Waals surface area (Å²) in [5, 5.41) is 0. The van der Waals surface area contributed by atoms with E-state index < -0.39 is 0 Å². The quantitative estimate of drug-likeness (QED) is 0.809. The molecule has 2 aliphatic rings. The summed E-state index contributed by atoms with van der Waals surface area (Å²) >= 11 is 0. The topological polar surface area (TPSA) is 40.6 Å². The normalized spacial score (nSPS) is 17.7. The maximum absolute atomic E-state index is 12.8. The van der Waals surface area contributed by atoms with E-state index in [1.807, 2.05) is 21.9 Å². The summed E-state index contributed by atoms with van der Waals surface area (Å²) in [4.78, 5) is 29.1. The summed E-state index contributed by atoms with van der Waals surface area (Å²) in [6, 6.07) is 17.8. The Morgan fingerprint density at radius 3 is 1.75 bits per heavy atom. The number of hydrogen-bond donors (Lipinski definition) is 0. The van der Waals surface area contributed by atoms with Gasteiger partial charge in [-0.2, -0.15) is 0 Å². The Labute approximate surface area is 167 Å². The van der Waals surface area contributed by atoms with Crippen LogP contribution in [0.1, 0.15) is 52.0 Å². The molecule has 28 heavy (non-hydrogen) atoms. The molecule has 2 aliphatic heterocycles. The largest absolute Gasteiger partial charge is 0.339 e. The van der Waals surface area contributed by atoms with Crippen molar-refractivity contribution in [3.05, 3.63) is 71.3 Å². The zero-order valence-electron chi connectivity index (χ0n) is 16.3. The maximum Gasteiger partial charge on any atom is 0.253 e. The number of nitrogens with zero attached hydrogens (tertiary/aromatic N) is 2. The minimum atomic E-state index is 0.0817. The molecular formula is C24H28N2O2. The molecule has 2 heterocycles. The second-order valence-corrected chi connectivity index (χ2v) is 8.00. The van der Waals surface area contributed by atoms with Crippen LogP contribution in [0.25, 0.3) is 0 Å². The molecule has 0 radical (unpaired) electrons. The fraction of sp³-hybridized carbons (Fsp3) is 0.417. The van der Waals surface area contributed by atoms with Crippen LogP contribution in [0.5, 0.6) is 0 Å². The third-order valence-electron chi connectivity index (χ3n) is 6.04. The SMILES string of the molecule is O=C(c1ccc(C(=O)N2CCC(Cc3ccccc3)CC2)cc1)N1CCCC1. The van der Waals surface area contributed by atoms with Gasteiger partial charge in [0, 0.05) is 37.3 Å². The molecule has 0 bridgehead atoms. The van der Waals surface area contributed by atoms with Gasteiger partial charge in [-0.05, 0) is 67.9 Å². The Balaban J connectivity index is 1.31. The lowest BCUT2D eigenvalue weighted by atomic mass is 9.90. The maximum atomic E-state index is 12.8. The molecule has 0 unspecified atom stereocenters. The van der Waals surface area contributed by atoms with Crippen molar-refractivity contribution in [3.8, 4) is 0 Å². The van der Waals surface area contributed by atoms with Crippen LogP contribution in [0.15, 0.2) is 54.6 Å². The van der Waals surface area contributed by atoms with Crippen molar-refractivity contribution in [2.45, 2.75) is 32.1 Å². The lowest BCUT2D eigenvalue weighted by Gasteiger charge is -2.32. The van der Waals surface area contributed by atoms with Crippen molar-refractivity contribution < 1.29 is 9.59 Å². The van der Waals surface area contributed by atoms with E-state index >= 15 is 0 Å². The van der Waals surface area contributed by atoms with Crippen LogP contribution in [0.4, 0.5) is 0 Å². The second kappa shape index (κ2) is 8.59. The molecule has 0 spiro atoms. The number of carbonyl (C=O) groups excluding carboxylic acids is 2. The molecule has 4 heteroatoms. The highest BCUT2D eigenvalue weighted by molar-refractivity contribution is 5.98. The van der Waals surface area contributed by atoms with Crippen molar-refractivity contribution in [2.24, 2.45) is 5.92 Å². The Bertz CT molecular complexity index is 802. The number of carbonyl (C=O) groups is 2. The number of benzene rings is 2. The van der Waals surface area contributed by atoms with Crippen LogP contribution >= 0.6 is 0 Å². The average molecular weight is 377 g/mol. The highest BCUT2D eigenvalue weighted by Crippen LogP contribution is 2.23. The first-order chi connectivity index (χ1) is 13.7. The summed E-state index contributed by atoms with van der Waals surface area (Å²) in [7, 11) is 0. The number of amides is 2. The number of hydrogen-bond acceptors (Lipinski definition) is 2. The van der Waals surface area contributed by atoms with Gasteiger partial charge in [-0.1, -0.05) is 30.3 Å². The molecule has 146 valence electrons. The van der Waals surface area contributed by atoms with Crippen molar-refractivity contribution in [2.75, 3.05) is 26.2 Å². The zero-order valence-corrected chi connectivity index (χ0v) is 16.3. The molecule has 2 fully saturated rings. The van der Waals surface area contributed by atoms with Gasteiger partial charge >= 0.3 is 0 Å². The van der Waals surface area contributed by atoms with Crippen LogP contribution in [0.2, 0.25) is 0 Å². The van der Waals surface area contributed by atoms with Gasteiger partial charge in [-0.15, -0.1) is 0 Å². The Hall–Kier alpha value is -2.62. The van der Waals surface area contributed by atoms with E-state index in [9.17, 15) is 9.59 Å². The molecule has 2 saturated heterocycles. The minimum absolute atomic E-state index is 0.0817. The van der Waals surface area contributed by atoms with Crippen LogP contribution in [-0.2, 0) is 6.42 Å². The molecule has 0 N–H and O–H groups in total. The predicted molar refractivity (Wildman–Crippen MR) is 110 cm³/mol. The van der Waals surface area contributed by atoms with Crippen LogP contribution < -0.4 is 0 Å². The van der Waals surface area contributed by atoms with Crippen LogP contribution in [0, 0.1) is 5.92 Å². The number of piperidine rings is 1. The standard InChI is InChI=1S/C24H28N2O2/c27-23(25-14-4-5-15-25)21-8-10-22(11-9-21)24(28)26-16-12-20(13-17-26)18-19-6-2-1-3-7-19/h1-3,6-11,20H,4-5,12-18H2. The lowest BCUT2D eigenvalue weighted by molar-refractivity contribution is 0.0689. The van der Waals surface area contributed by atoms with Gasteiger partial charge in [-0.3, -0.25) is 9.59 Å². The monoisotopic (exact) mass is 376 g/mol. The summed E-state index contributed by atoms with van der Waals surface area (Å²) in [6.07, 6.45) is 5.36. The van der Waals surface area contributed by atoms with Crippen molar-refractivity contribution in [3.63, 3.8) is 0 Å². The summed E-state index contributed by atoms with van der Waals surface area (Å²) < 4.78 is 0. The summed E-state index contributed by atoms with van der Waals surface area (Å²) in [6.45, 7) is 3.31. The van der Waals surface area contributed by atoms with E-state index in [1.54, 1.807) is 12.1 Å². The molecule has 4 nitrogen and oxygen atoms in total. The Kier molecular flexibility index (Phi) is 5.75. The van der Waals surface area contributed by atoms with E-state index in [0.717, 1.165) is 58.3 Å². The van der Waals surface area contributed by atoms with E-state index in [4.69, 9.17) is 0 Å². The summed E-state index contributed by atoms with van der Waals surface area (Å²) in [5.74, 6) is 0.809. The molecule has 0 aromatic heterocycles. The molecule has 2 aromatic carbocycles. The first-order valence-corrected chi connectivity index (χ1v) is 10.4. The average Bonchev–Trinajstić information content (AvgIpc) is 3.29. The van der Waals surface area contributed by atoms with Crippen molar-refractivity contribution in [1.29, 1.82) is 0 Å². The van der Waals surface area contributed by atoms with Gasteiger partial charge in [0.1, 0.15) is 0 Å². The first kappa shape index (κ1) is 18.7. The van der Waals surface area contributed by atoms with E-state index in [1.165, 1.54) is 5.56 Å². The van der Waals surface area contributed by atoms with Gasteiger partial charge in [0.05, 0.1) is 0 Å². The molecule has 0 saturated carbocycles. The third-order valence-corrected chi connectivity index (χ3v) is 6.04. The fourth-order valence-corrected chi connectivity index (χ4v) is 4.33.